The molecule has 0 saturated heterocycles. The van der Waals surface area contributed by atoms with Crippen LogP contribution in [-0.4, -0.2) is 39.4 Å². The molecule has 0 bridgehead atoms. The van der Waals surface area contributed by atoms with Gasteiger partial charge in [-0.15, -0.1) is 0 Å². The van der Waals surface area contributed by atoms with Crippen molar-refractivity contribution in [3.05, 3.63) is 29.8 Å². The maximum atomic E-state index is 5.31. The third-order valence-electron chi connectivity index (χ3n) is 3.39. The quantitative estimate of drug-likeness (QED) is 0.748. The molecule has 0 saturated carbocycles. The molecule has 0 atom stereocenters. The lowest BCUT2D eigenvalue weighted by Crippen LogP contribution is -2.36. The molecule has 1 aromatic rings. The zero-order valence-electron chi connectivity index (χ0n) is 11.3. The van der Waals surface area contributed by atoms with Gasteiger partial charge in [-0.2, -0.15) is 0 Å². The fourth-order valence-corrected chi connectivity index (χ4v) is 2.47. The summed E-state index contributed by atoms with van der Waals surface area (Å²) in [6.07, 6.45) is 2.50. The molecule has 18 heavy (non-hydrogen) atoms. The molecule has 0 aliphatic carbocycles. The van der Waals surface area contributed by atoms with Crippen LogP contribution < -0.4 is 10.2 Å². The Bertz CT molecular complexity index is 354. The second-order valence-electron chi connectivity index (χ2n) is 4.67. The molecule has 3 heteroatoms. The van der Waals surface area contributed by atoms with Gasteiger partial charge >= 0.3 is 0 Å². The van der Waals surface area contributed by atoms with Crippen molar-refractivity contribution in [3.63, 3.8) is 0 Å². The number of fused-ring (bicyclic) bond motifs is 1. The Hall–Kier alpha value is -1.06. The molecule has 0 radical (unpaired) electrons. The number of ether oxygens (including phenoxy) is 1. The van der Waals surface area contributed by atoms with Crippen LogP contribution in [0.5, 0.6) is 0 Å². The molecule has 0 unspecified atom stereocenters. The number of hydrogen-bond acceptors (Lipinski definition) is 3. The Labute approximate surface area is 110 Å². The van der Waals surface area contributed by atoms with Gasteiger partial charge in [-0.05, 0) is 31.4 Å². The number of nitrogens with one attached hydrogen (secondary N) is 1. The van der Waals surface area contributed by atoms with Crippen molar-refractivity contribution in [1.82, 2.24) is 5.32 Å². The summed E-state index contributed by atoms with van der Waals surface area (Å²) in [6, 6.07) is 8.78. The number of benzene rings is 1. The molecule has 0 spiro atoms. The van der Waals surface area contributed by atoms with Crippen molar-refractivity contribution >= 4 is 5.69 Å². The fourth-order valence-electron chi connectivity index (χ4n) is 2.47. The monoisotopic (exact) mass is 248 g/mol. The van der Waals surface area contributed by atoms with E-state index in [0.717, 1.165) is 32.8 Å². The minimum Gasteiger partial charge on any atom is -0.380 e. The smallest absolute Gasteiger partial charge is 0.0590 e. The Morgan fingerprint density at radius 1 is 1.28 bits per heavy atom. The van der Waals surface area contributed by atoms with Gasteiger partial charge in [0.2, 0.25) is 0 Å². The van der Waals surface area contributed by atoms with E-state index in [1.54, 1.807) is 0 Å². The van der Waals surface area contributed by atoms with Crippen molar-refractivity contribution in [1.29, 1.82) is 0 Å². The molecular formula is C15H24N2O. The molecule has 0 aromatic heterocycles. The number of hydrogen-bond donors (Lipinski definition) is 1. The third-order valence-corrected chi connectivity index (χ3v) is 3.39. The van der Waals surface area contributed by atoms with Crippen LogP contribution in [0.1, 0.15) is 18.9 Å². The Kier molecular flexibility index (Phi) is 5.49. The van der Waals surface area contributed by atoms with Crippen LogP contribution >= 0.6 is 0 Å². The van der Waals surface area contributed by atoms with E-state index in [9.17, 15) is 0 Å². The van der Waals surface area contributed by atoms with E-state index in [0.29, 0.717) is 0 Å². The molecule has 1 aromatic carbocycles. The van der Waals surface area contributed by atoms with Gasteiger partial charge in [0.05, 0.1) is 6.61 Å². The van der Waals surface area contributed by atoms with Crippen molar-refractivity contribution < 1.29 is 4.74 Å². The summed E-state index contributed by atoms with van der Waals surface area (Å²) in [5, 5.41) is 3.43. The van der Waals surface area contributed by atoms with Gasteiger partial charge in [0.1, 0.15) is 0 Å². The lowest BCUT2D eigenvalue weighted by atomic mass is 10.0. The van der Waals surface area contributed by atoms with E-state index in [2.05, 4.69) is 34.5 Å². The number of anilines is 1. The van der Waals surface area contributed by atoms with Gasteiger partial charge in [0.15, 0.2) is 0 Å². The molecule has 0 amide bonds. The van der Waals surface area contributed by atoms with Crippen LogP contribution in [0, 0.1) is 0 Å². The van der Waals surface area contributed by atoms with E-state index >= 15 is 0 Å². The zero-order chi connectivity index (χ0) is 12.6. The molecule has 3 nitrogen and oxygen atoms in total. The highest BCUT2D eigenvalue weighted by atomic mass is 16.5. The first kappa shape index (κ1) is 13.4. The summed E-state index contributed by atoms with van der Waals surface area (Å²) in [6.45, 7) is 7.90. The van der Waals surface area contributed by atoms with Gasteiger partial charge in [0, 0.05) is 38.5 Å². The average molecular weight is 248 g/mol. The van der Waals surface area contributed by atoms with Gasteiger partial charge in [-0.25, -0.2) is 0 Å². The summed E-state index contributed by atoms with van der Waals surface area (Å²) in [5.41, 5.74) is 2.92. The van der Waals surface area contributed by atoms with Crippen LogP contribution in [-0.2, 0) is 11.2 Å². The lowest BCUT2D eigenvalue weighted by molar-refractivity contribution is 0.149. The summed E-state index contributed by atoms with van der Waals surface area (Å²) < 4.78 is 5.31. The van der Waals surface area contributed by atoms with Crippen LogP contribution in [0.2, 0.25) is 0 Å². The first-order chi connectivity index (χ1) is 8.92. The summed E-state index contributed by atoms with van der Waals surface area (Å²) in [4.78, 5) is 2.49. The van der Waals surface area contributed by atoms with Crippen LogP contribution in [0.15, 0.2) is 24.3 Å². The normalized spacial score (nSPS) is 14.6. The zero-order valence-corrected chi connectivity index (χ0v) is 11.3. The Morgan fingerprint density at radius 2 is 2.17 bits per heavy atom. The molecule has 1 N–H and O–H groups in total. The standard InChI is InChI=1S/C15H24N2O/c1-2-18-13-10-16-9-12-17-11-5-7-14-6-3-4-8-15(14)17/h3-4,6,8,16H,2,5,7,9-13H2,1H3. The maximum absolute atomic E-state index is 5.31. The topological polar surface area (TPSA) is 24.5 Å². The van der Waals surface area contributed by atoms with E-state index in [-0.39, 0.29) is 0 Å². The maximum Gasteiger partial charge on any atom is 0.0590 e. The van der Waals surface area contributed by atoms with Crippen molar-refractivity contribution in [2.45, 2.75) is 19.8 Å². The predicted molar refractivity (Wildman–Crippen MR) is 76.3 cm³/mol. The minimum atomic E-state index is 0.807. The van der Waals surface area contributed by atoms with E-state index in [4.69, 9.17) is 4.74 Å². The molecular weight excluding hydrogens is 224 g/mol. The first-order valence-corrected chi connectivity index (χ1v) is 7.03. The second kappa shape index (κ2) is 7.39. The highest BCUT2D eigenvalue weighted by Crippen LogP contribution is 2.25. The van der Waals surface area contributed by atoms with E-state index in [1.165, 1.54) is 30.6 Å². The number of rotatable bonds is 7. The fraction of sp³-hybridized carbons (Fsp3) is 0.600. The molecule has 0 fully saturated rings. The summed E-state index contributed by atoms with van der Waals surface area (Å²) in [7, 11) is 0. The molecule has 1 aliphatic rings. The summed E-state index contributed by atoms with van der Waals surface area (Å²) in [5.74, 6) is 0. The Morgan fingerprint density at radius 3 is 3.06 bits per heavy atom. The molecule has 1 aliphatic heterocycles. The largest absolute Gasteiger partial charge is 0.380 e. The predicted octanol–water partition coefficient (Wildman–Crippen LogP) is 2.07. The third kappa shape index (κ3) is 3.72. The van der Waals surface area contributed by atoms with Gasteiger partial charge in [0.25, 0.3) is 0 Å². The van der Waals surface area contributed by atoms with E-state index in [1.807, 2.05) is 6.92 Å². The van der Waals surface area contributed by atoms with Crippen molar-refractivity contribution in [2.75, 3.05) is 44.3 Å². The summed E-state index contributed by atoms with van der Waals surface area (Å²) >= 11 is 0. The van der Waals surface area contributed by atoms with Gasteiger partial charge in [-0.1, -0.05) is 18.2 Å². The van der Waals surface area contributed by atoms with Crippen LogP contribution in [0.3, 0.4) is 0 Å². The first-order valence-electron chi connectivity index (χ1n) is 7.03. The van der Waals surface area contributed by atoms with Crippen LogP contribution in [0.4, 0.5) is 5.69 Å². The average Bonchev–Trinajstić information content (AvgIpc) is 2.43. The van der Waals surface area contributed by atoms with Crippen molar-refractivity contribution in [2.24, 2.45) is 0 Å². The highest BCUT2D eigenvalue weighted by Gasteiger charge is 2.14. The second-order valence-corrected chi connectivity index (χ2v) is 4.67. The SMILES string of the molecule is CCOCCNCCN1CCCc2ccccc21. The van der Waals surface area contributed by atoms with Gasteiger partial charge in [-0.3, -0.25) is 0 Å². The van der Waals surface area contributed by atoms with E-state index < -0.39 is 0 Å². The molecule has 1 heterocycles. The highest BCUT2D eigenvalue weighted by molar-refractivity contribution is 5.55. The minimum absolute atomic E-state index is 0.807. The molecule has 2 rings (SSSR count). The number of aryl methyl sites for hydroxylation is 1. The van der Waals surface area contributed by atoms with Crippen LogP contribution in [0.25, 0.3) is 0 Å². The Balaban J connectivity index is 1.74. The van der Waals surface area contributed by atoms with Crippen molar-refractivity contribution in [3.8, 4) is 0 Å². The lowest BCUT2D eigenvalue weighted by Gasteiger charge is -2.31. The number of para-hydroxylation sites is 1. The number of nitrogens with zero attached hydrogens (tertiary/aromatic N) is 1. The van der Waals surface area contributed by atoms with Gasteiger partial charge < -0.3 is 15.0 Å². The molecule has 100 valence electrons.